The van der Waals surface area contributed by atoms with Crippen LogP contribution in [0.4, 0.5) is 0 Å². The zero-order chi connectivity index (χ0) is 14.4. The molecule has 20 heavy (non-hydrogen) atoms. The molecule has 0 bridgehead atoms. The molecule has 1 heterocycles. The third-order valence-electron chi connectivity index (χ3n) is 5.33. The van der Waals surface area contributed by atoms with Crippen molar-refractivity contribution in [3.05, 3.63) is 0 Å². The summed E-state index contributed by atoms with van der Waals surface area (Å²) in [6, 6.07) is 0. The Balaban J connectivity index is 1.76. The van der Waals surface area contributed by atoms with E-state index in [1.54, 1.807) is 0 Å². The highest BCUT2D eigenvalue weighted by atomic mass is 16.2. The molecule has 2 N–H and O–H groups in total. The molecule has 3 heteroatoms. The Hall–Kier alpha value is -0.570. The van der Waals surface area contributed by atoms with E-state index in [0.29, 0.717) is 17.7 Å². The summed E-state index contributed by atoms with van der Waals surface area (Å²) in [5.41, 5.74) is 5.77. The number of carbonyl (C=O) groups excluding carboxylic acids is 1. The van der Waals surface area contributed by atoms with Gasteiger partial charge in [0.2, 0.25) is 5.91 Å². The van der Waals surface area contributed by atoms with Gasteiger partial charge in [0.1, 0.15) is 0 Å². The van der Waals surface area contributed by atoms with E-state index in [9.17, 15) is 4.79 Å². The van der Waals surface area contributed by atoms with Gasteiger partial charge in [0, 0.05) is 19.0 Å². The van der Waals surface area contributed by atoms with Crippen LogP contribution in [0.15, 0.2) is 0 Å². The number of hydrogen-bond donors (Lipinski definition) is 1. The van der Waals surface area contributed by atoms with Gasteiger partial charge in [0.05, 0.1) is 0 Å². The van der Waals surface area contributed by atoms with Crippen LogP contribution in [0.1, 0.15) is 64.7 Å². The monoisotopic (exact) mass is 280 g/mol. The summed E-state index contributed by atoms with van der Waals surface area (Å²) in [5.74, 6) is 2.16. The van der Waals surface area contributed by atoms with Crippen molar-refractivity contribution in [2.45, 2.75) is 64.7 Å². The molecule has 1 saturated carbocycles. The first-order valence-corrected chi connectivity index (χ1v) is 8.73. The highest BCUT2D eigenvalue weighted by Crippen LogP contribution is 2.33. The lowest BCUT2D eigenvalue weighted by Gasteiger charge is -2.36. The topological polar surface area (TPSA) is 46.3 Å². The molecule has 0 spiro atoms. The van der Waals surface area contributed by atoms with Crippen molar-refractivity contribution in [1.82, 2.24) is 4.90 Å². The quantitative estimate of drug-likeness (QED) is 0.840. The number of unbranched alkanes of at least 4 members (excludes halogenated alkanes) is 1. The van der Waals surface area contributed by atoms with Crippen LogP contribution >= 0.6 is 0 Å². The van der Waals surface area contributed by atoms with Gasteiger partial charge in [0.15, 0.2) is 0 Å². The fraction of sp³-hybridized carbons (Fsp3) is 0.941. The van der Waals surface area contributed by atoms with Gasteiger partial charge in [-0.05, 0) is 56.9 Å². The van der Waals surface area contributed by atoms with Crippen molar-refractivity contribution >= 4 is 5.91 Å². The summed E-state index contributed by atoms with van der Waals surface area (Å²) in [6.45, 7) is 4.86. The molecule has 0 aromatic heterocycles. The Bertz CT molecular complexity index is 297. The van der Waals surface area contributed by atoms with Crippen LogP contribution in [0.25, 0.3) is 0 Å². The second-order valence-electron chi connectivity index (χ2n) is 6.89. The van der Waals surface area contributed by atoms with Gasteiger partial charge in [-0.3, -0.25) is 4.79 Å². The number of rotatable bonds is 5. The van der Waals surface area contributed by atoms with Crippen LogP contribution in [0.3, 0.4) is 0 Å². The van der Waals surface area contributed by atoms with E-state index in [-0.39, 0.29) is 0 Å². The average molecular weight is 280 g/mol. The highest BCUT2D eigenvalue weighted by molar-refractivity contribution is 5.79. The first-order chi connectivity index (χ1) is 9.74. The van der Waals surface area contributed by atoms with Crippen LogP contribution in [-0.2, 0) is 4.79 Å². The van der Waals surface area contributed by atoms with Crippen LogP contribution in [0, 0.1) is 17.8 Å². The van der Waals surface area contributed by atoms with Crippen LogP contribution < -0.4 is 5.73 Å². The molecule has 2 rings (SSSR count). The zero-order valence-corrected chi connectivity index (χ0v) is 13.2. The molecule has 1 amide bonds. The van der Waals surface area contributed by atoms with Crippen molar-refractivity contribution in [1.29, 1.82) is 0 Å². The number of hydrogen-bond acceptors (Lipinski definition) is 2. The normalized spacial score (nSPS) is 31.3. The molecule has 2 aliphatic rings. The standard InChI is InChI=1S/C17H32N2O/c1-2-3-5-14-7-9-16(10-8-14)17(20)19-11-4-6-15(12-18)13-19/h14-16H,2-13,18H2,1H3. The SMILES string of the molecule is CCCCC1CCC(C(=O)N2CCCC(CN)C2)CC1. The van der Waals surface area contributed by atoms with E-state index >= 15 is 0 Å². The maximum absolute atomic E-state index is 12.6. The lowest BCUT2D eigenvalue weighted by atomic mass is 9.79. The van der Waals surface area contributed by atoms with Gasteiger partial charge in [-0.25, -0.2) is 0 Å². The molecule has 1 aliphatic carbocycles. The molecule has 1 aliphatic heterocycles. The number of piperidine rings is 1. The summed E-state index contributed by atoms with van der Waals surface area (Å²) < 4.78 is 0. The highest BCUT2D eigenvalue weighted by Gasteiger charge is 2.31. The smallest absolute Gasteiger partial charge is 0.225 e. The first kappa shape index (κ1) is 15.8. The summed E-state index contributed by atoms with van der Waals surface area (Å²) in [7, 11) is 0. The molecule has 116 valence electrons. The van der Waals surface area contributed by atoms with Crippen LogP contribution in [0.5, 0.6) is 0 Å². The third kappa shape index (κ3) is 4.21. The van der Waals surface area contributed by atoms with E-state index in [0.717, 1.165) is 44.8 Å². The molecule has 3 nitrogen and oxygen atoms in total. The maximum atomic E-state index is 12.6. The van der Waals surface area contributed by atoms with Crippen molar-refractivity contribution in [2.24, 2.45) is 23.5 Å². The fourth-order valence-electron chi connectivity index (χ4n) is 3.91. The predicted molar refractivity (Wildman–Crippen MR) is 83.3 cm³/mol. The van der Waals surface area contributed by atoms with E-state index < -0.39 is 0 Å². The average Bonchev–Trinajstić information content (AvgIpc) is 2.52. The van der Waals surface area contributed by atoms with Crippen LogP contribution in [0.2, 0.25) is 0 Å². The Morgan fingerprint density at radius 3 is 2.55 bits per heavy atom. The van der Waals surface area contributed by atoms with Crippen molar-refractivity contribution in [3.8, 4) is 0 Å². The minimum atomic E-state index is 0.310. The van der Waals surface area contributed by atoms with Crippen molar-refractivity contribution in [2.75, 3.05) is 19.6 Å². The molecule has 1 atom stereocenters. The van der Waals surface area contributed by atoms with E-state index in [1.165, 1.54) is 38.5 Å². The van der Waals surface area contributed by atoms with Gasteiger partial charge < -0.3 is 10.6 Å². The second-order valence-corrected chi connectivity index (χ2v) is 6.89. The molecule has 1 unspecified atom stereocenters. The number of likely N-dealkylation sites (tertiary alicyclic amines) is 1. The van der Waals surface area contributed by atoms with Gasteiger partial charge >= 0.3 is 0 Å². The zero-order valence-electron chi connectivity index (χ0n) is 13.2. The van der Waals surface area contributed by atoms with E-state index in [1.807, 2.05) is 0 Å². The van der Waals surface area contributed by atoms with Gasteiger partial charge in [-0.1, -0.05) is 26.2 Å². The molecule has 0 aromatic rings. The molecular weight excluding hydrogens is 248 g/mol. The van der Waals surface area contributed by atoms with Gasteiger partial charge in [-0.15, -0.1) is 0 Å². The Kier molecular flexibility index (Phi) is 6.34. The molecular formula is C17H32N2O. The minimum absolute atomic E-state index is 0.310. The molecule has 0 radical (unpaired) electrons. The molecule has 2 fully saturated rings. The summed E-state index contributed by atoms with van der Waals surface area (Å²) in [5, 5.41) is 0. The number of carbonyl (C=O) groups is 1. The summed E-state index contributed by atoms with van der Waals surface area (Å²) in [6.07, 6.45) is 11.1. The fourth-order valence-corrected chi connectivity index (χ4v) is 3.91. The van der Waals surface area contributed by atoms with Gasteiger partial charge in [-0.2, -0.15) is 0 Å². The van der Waals surface area contributed by atoms with Crippen LogP contribution in [-0.4, -0.2) is 30.4 Å². The van der Waals surface area contributed by atoms with Crippen molar-refractivity contribution < 1.29 is 4.79 Å². The third-order valence-corrected chi connectivity index (χ3v) is 5.33. The number of amides is 1. The maximum Gasteiger partial charge on any atom is 0.225 e. The minimum Gasteiger partial charge on any atom is -0.342 e. The predicted octanol–water partition coefficient (Wildman–Crippen LogP) is 3.18. The lowest BCUT2D eigenvalue weighted by Crippen LogP contribution is -2.45. The lowest BCUT2D eigenvalue weighted by molar-refractivity contribution is -0.138. The Morgan fingerprint density at radius 2 is 1.90 bits per heavy atom. The second kappa shape index (κ2) is 8.02. The molecule has 0 aromatic carbocycles. The largest absolute Gasteiger partial charge is 0.342 e. The number of nitrogens with two attached hydrogens (primary N) is 1. The van der Waals surface area contributed by atoms with E-state index in [4.69, 9.17) is 5.73 Å². The summed E-state index contributed by atoms with van der Waals surface area (Å²) >= 11 is 0. The van der Waals surface area contributed by atoms with Gasteiger partial charge in [0.25, 0.3) is 0 Å². The summed E-state index contributed by atoms with van der Waals surface area (Å²) in [4.78, 5) is 14.7. The number of nitrogens with zero attached hydrogens (tertiary/aromatic N) is 1. The van der Waals surface area contributed by atoms with E-state index in [2.05, 4.69) is 11.8 Å². The Morgan fingerprint density at radius 1 is 1.15 bits per heavy atom. The first-order valence-electron chi connectivity index (χ1n) is 8.73. The Labute approximate surface area is 124 Å². The van der Waals surface area contributed by atoms with Crippen molar-refractivity contribution in [3.63, 3.8) is 0 Å². The molecule has 1 saturated heterocycles.